The highest BCUT2D eigenvalue weighted by molar-refractivity contribution is 4.93. The third-order valence-electron chi connectivity index (χ3n) is 4.09. The largest absolute Gasteiger partial charge is 0.325 e. The molecule has 13 heavy (non-hydrogen) atoms. The van der Waals surface area contributed by atoms with Crippen LogP contribution in [-0.4, -0.2) is 5.54 Å². The van der Waals surface area contributed by atoms with Gasteiger partial charge in [0.25, 0.3) is 0 Å². The molecule has 1 rings (SSSR count). The van der Waals surface area contributed by atoms with Gasteiger partial charge in [-0.15, -0.1) is 0 Å². The second-order valence-corrected chi connectivity index (χ2v) is 4.91. The van der Waals surface area contributed by atoms with Gasteiger partial charge in [-0.3, -0.25) is 0 Å². The van der Waals surface area contributed by atoms with Crippen molar-refractivity contribution in [2.24, 2.45) is 17.6 Å². The van der Waals surface area contributed by atoms with E-state index in [1.807, 2.05) is 0 Å². The molecule has 1 fully saturated rings. The average molecular weight is 183 g/mol. The van der Waals surface area contributed by atoms with Crippen LogP contribution in [0.5, 0.6) is 0 Å². The molecular formula is C12H25N. The topological polar surface area (TPSA) is 26.0 Å². The molecule has 0 bridgehead atoms. The molecular weight excluding hydrogens is 158 g/mol. The Balaban J connectivity index is 2.56. The van der Waals surface area contributed by atoms with E-state index in [2.05, 4.69) is 20.8 Å². The van der Waals surface area contributed by atoms with E-state index in [1.54, 1.807) is 0 Å². The van der Waals surface area contributed by atoms with Gasteiger partial charge in [0.2, 0.25) is 0 Å². The summed E-state index contributed by atoms with van der Waals surface area (Å²) in [6.45, 7) is 6.87. The molecule has 2 N–H and O–H groups in total. The van der Waals surface area contributed by atoms with Crippen LogP contribution < -0.4 is 5.73 Å². The van der Waals surface area contributed by atoms with Gasteiger partial charge in [0, 0.05) is 5.54 Å². The second-order valence-electron chi connectivity index (χ2n) is 4.91. The van der Waals surface area contributed by atoms with Gasteiger partial charge in [-0.25, -0.2) is 0 Å². The van der Waals surface area contributed by atoms with Gasteiger partial charge < -0.3 is 5.73 Å². The number of hydrogen-bond donors (Lipinski definition) is 1. The Hall–Kier alpha value is -0.0400. The Bertz CT molecular complexity index is 155. The van der Waals surface area contributed by atoms with E-state index in [0.717, 1.165) is 5.92 Å². The van der Waals surface area contributed by atoms with Crippen molar-refractivity contribution in [1.29, 1.82) is 0 Å². The summed E-state index contributed by atoms with van der Waals surface area (Å²) in [7, 11) is 0. The van der Waals surface area contributed by atoms with E-state index >= 15 is 0 Å². The molecule has 0 heterocycles. The monoisotopic (exact) mass is 183 g/mol. The van der Waals surface area contributed by atoms with Gasteiger partial charge in [0.15, 0.2) is 0 Å². The zero-order chi connectivity index (χ0) is 9.90. The molecule has 0 aromatic carbocycles. The number of rotatable bonds is 3. The molecule has 1 aliphatic carbocycles. The first-order valence-electron chi connectivity index (χ1n) is 5.91. The maximum atomic E-state index is 6.48. The van der Waals surface area contributed by atoms with Crippen molar-refractivity contribution in [3.63, 3.8) is 0 Å². The van der Waals surface area contributed by atoms with Crippen LogP contribution in [0.4, 0.5) is 0 Å². The average Bonchev–Trinajstić information content (AvgIpc) is 2.16. The molecule has 3 atom stereocenters. The minimum absolute atomic E-state index is 0.160. The Labute approximate surface area is 83.1 Å². The highest BCUT2D eigenvalue weighted by atomic mass is 14.8. The van der Waals surface area contributed by atoms with Crippen LogP contribution in [0.25, 0.3) is 0 Å². The van der Waals surface area contributed by atoms with Crippen molar-refractivity contribution >= 4 is 0 Å². The fraction of sp³-hybridized carbons (Fsp3) is 1.00. The number of nitrogens with two attached hydrogens (primary N) is 1. The second kappa shape index (κ2) is 4.45. The molecule has 0 spiro atoms. The first-order valence-corrected chi connectivity index (χ1v) is 5.91. The van der Waals surface area contributed by atoms with Crippen molar-refractivity contribution in [2.75, 3.05) is 0 Å². The highest BCUT2D eigenvalue weighted by Crippen LogP contribution is 2.37. The molecule has 1 nitrogen and oxygen atoms in total. The van der Waals surface area contributed by atoms with Crippen molar-refractivity contribution in [1.82, 2.24) is 0 Å². The Morgan fingerprint density at radius 2 is 2.15 bits per heavy atom. The van der Waals surface area contributed by atoms with Gasteiger partial charge in [0.05, 0.1) is 0 Å². The molecule has 3 unspecified atom stereocenters. The summed E-state index contributed by atoms with van der Waals surface area (Å²) < 4.78 is 0. The van der Waals surface area contributed by atoms with E-state index < -0.39 is 0 Å². The molecule has 0 aliphatic heterocycles. The molecule has 0 amide bonds. The van der Waals surface area contributed by atoms with Crippen LogP contribution in [0.1, 0.15) is 59.3 Å². The summed E-state index contributed by atoms with van der Waals surface area (Å²) in [4.78, 5) is 0. The lowest BCUT2D eigenvalue weighted by atomic mass is 9.69. The highest BCUT2D eigenvalue weighted by Gasteiger charge is 2.35. The van der Waals surface area contributed by atoms with E-state index in [0.29, 0.717) is 5.92 Å². The first kappa shape index (κ1) is 11.0. The van der Waals surface area contributed by atoms with Crippen molar-refractivity contribution in [3.05, 3.63) is 0 Å². The van der Waals surface area contributed by atoms with E-state index in [-0.39, 0.29) is 5.54 Å². The minimum Gasteiger partial charge on any atom is -0.325 e. The predicted molar refractivity (Wildman–Crippen MR) is 58.6 cm³/mol. The molecule has 78 valence electrons. The lowest BCUT2D eigenvalue weighted by Crippen LogP contribution is -2.49. The third kappa shape index (κ3) is 2.46. The van der Waals surface area contributed by atoms with Crippen molar-refractivity contribution in [2.45, 2.75) is 64.8 Å². The Kier molecular flexibility index (Phi) is 3.78. The SMILES string of the molecule is CCC1CCCC(N)(C(C)CC)C1. The fourth-order valence-corrected chi connectivity index (χ4v) is 2.66. The standard InChI is InChI=1S/C12H25N/c1-4-10(3)12(13)8-6-7-11(5-2)9-12/h10-11H,4-9,13H2,1-3H3. The minimum atomic E-state index is 0.160. The van der Waals surface area contributed by atoms with E-state index in [9.17, 15) is 0 Å². The number of hydrogen-bond acceptors (Lipinski definition) is 1. The molecule has 1 aliphatic rings. The molecule has 0 aromatic heterocycles. The van der Waals surface area contributed by atoms with Crippen LogP contribution in [0.3, 0.4) is 0 Å². The summed E-state index contributed by atoms with van der Waals surface area (Å²) in [5.74, 6) is 1.59. The van der Waals surface area contributed by atoms with Gasteiger partial charge >= 0.3 is 0 Å². The lowest BCUT2D eigenvalue weighted by molar-refractivity contribution is 0.155. The summed E-state index contributed by atoms with van der Waals surface area (Å²) in [6, 6.07) is 0. The van der Waals surface area contributed by atoms with Crippen LogP contribution in [0.2, 0.25) is 0 Å². The molecule has 1 saturated carbocycles. The van der Waals surface area contributed by atoms with Crippen LogP contribution in [0.15, 0.2) is 0 Å². The third-order valence-corrected chi connectivity index (χ3v) is 4.09. The Morgan fingerprint density at radius 1 is 1.46 bits per heavy atom. The maximum absolute atomic E-state index is 6.48. The molecule has 0 radical (unpaired) electrons. The van der Waals surface area contributed by atoms with Crippen LogP contribution in [0, 0.1) is 11.8 Å². The molecule has 0 saturated heterocycles. The quantitative estimate of drug-likeness (QED) is 0.713. The normalized spacial score (nSPS) is 37.4. The van der Waals surface area contributed by atoms with E-state index in [1.165, 1.54) is 38.5 Å². The predicted octanol–water partition coefficient (Wildman–Crippen LogP) is 3.33. The lowest BCUT2D eigenvalue weighted by Gasteiger charge is -2.42. The van der Waals surface area contributed by atoms with Gasteiger partial charge in [-0.2, -0.15) is 0 Å². The van der Waals surface area contributed by atoms with E-state index in [4.69, 9.17) is 5.73 Å². The maximum Gasteiger partial charge on any atom is 0.0182 e. The summed E-state index contributed by atoms with van der Waals surface area (Å²) in [5.41, 5.74) is 6.64. The zero-order valence-electron chi connectivity index (χ0n) is 9.47. The summed E-state index contributed by atoms with van der Waals surface area (Å²) >= 11 is 0. The summed E-state index contributed by atoms with van der Waals surface area (Å²) in [6.07, 6.45) is 7.81. The van der Waals surface area contributed by atoms with Crippen molar-refractivity contribution < 1.29 is 0 Å². The first-order chi connectivity index (χ1) is 6.12. The van der Waals surface area contributed by atoms with Crippen LogP contribution >= 0.6 is 0 Å². The Morgan fingerprint density at radius 3 is 2.69 bits per heavy atom. The van der Waals surface area contributed by atoms with Crippen molar-refractivity contribution in [3.8, 4) is 0 Å². The molecule has 0 aromatic rings. The van der Waals surface area contributed by atoms with Crippen LogP contribution in [-0.2, 0) is 0 Å². The van der Waals surface area contributed by atoms with Gasteiger partial charge in [-0.05, 0) is 24.7 Å². The summed E-state index contributed by atoms with van der Waals surface area (Å²) in [5, 5.41) is 0. The fourth-order valence-electron chi connectivity index (χ4n) is 2.66. The zero-order valence-corrected chi connectivity index (χ0v) is 9.47. The smallest absolute Gasteiger partial charge is 0.0182 e. The van der Waals surface area contributed by atoms with Gasteiger partial charge in [-0.1, -0.05) is 46.5 Å². The van der Waals surface area contributed by atoms with Gasteiger partial charge in [0.1, 0.15) is 0 Å². The molecule has 1 heteroatoms.